The molecule has 0 aromatic heterocycles. The number of fused-ring (bicyclic) bond motifs is 1. The van der Waals surface area contributed by atoms with Gasteiger partial charge in [0, 0.05) is 7.05 Å². The van der Waals surface area contributed by atoms with Gasteiger partial charge in [0.1, 0.15) is 18.4 Å². The lowest BCUT2D eigenvalue weighted by Gasteiger charge is -2.36. The second kappa shape index (κ2) is 6.13. The number of likely N-dealkylation sites (N-methyl/N-ethyl adjacent to an activating group) is 1. The molecule has 22 heavy (non-hydrogen) atoms. The average molecular weight is 328 g/mol. The van der Waals surface area contributed by atoms with Gasteiger partial charge in [-0.25, -0.2) is 8.42 Å². The lowest BCUT2D eigenvalue weighted by molar-refractivity contribution is -0.135. The van der Waals surface area contributed by atoms with Crippen LogP contribution in [0, 0.1) is 5.92 Å². The molecule has 0 amide bonds. The Hall–Kier alpha value is -1.80. The molecule has 7 nitrogen and oxygen atoms in total. The molecule has 0 bridgehead atoms. The number of hydrogen-bond acceptors (Lipinski definition) is 5. The van der Waals surface area contributed by atoms with Crippen molar-refractivity contribution >= 4 is 21.7 Å². The molecule has 2 rings (SSSR count). The summed E-state index contributed by atoms with van der Waals surface area (Å²) in [6, 6.07) is 4.52. The van der Waals surface area contributed by atoms with E-state index < -0.39 is 22.5 Å². The molecule has 2 N–H and O–H groups in total. The summed E-state index contributed by atoms with van der Waals surface area (Å²) in [5.74, 6) is -0.261. The van der Waals surface area contributed by atoms with E-state index in [1.165, 1.54) is 12.1 Å². The third-order valence-electron chi connectivity index (χ3n) is 3.54. The van der Waals surface area contributed by atoms with Crippen molar-refractivity contribution in [3.63, 3.8) is 0 Å². The number of nitrogens with zero attached hydrogens (tertiary/aromatic N) is 1. The molecule has 8 heteroatoms. The first-order chi connectivity index (χ1) is 10.2. The highest BCUT2D eigenvalue weighted by Crippen LogP contribution is 2.35. The molecule has 0 spiro atoms. The van der Waals surface area contributed by atoms with E-state index in [0.29, 0.717) is 23.9 Å². The Morgan fingerprint density at radius 2 is 2.18 bits per heavy atom. The fourth-order valence-corrected chi connectivity index (χ4v) is 3.21. The maximum Gasteiger partial charge on any atom is 0.318 e. The fourth-order valence-electron chi connectivity index (χ4n) is 2.22. The maximum atomic E-state index is 12.1. The standard InChI is InChI=1S/C14H20N2O5S/c1-9(2)13-8-16(3)11-6-10(4-5-12(11)21-13)22(19,20)15-7-14(17)18/h4-6,9,13,15H,7-8H2,1-3H3,(H,17,18). The number of hydrogen-bond donors (Lipinski definition) is 2. The second-order valence-electron chi connectivity index (χ2n) is 5.63. The molecule has 1 aromatic rings. The molecule has 0 saturated heterocycles. The first kappa shape index (κ1) is 16.6. The average Bonchev–Trinajstić information content (AvgIpc) is 2.44. The van der Waals surface area contributed by atoms with Crippen LogP contribution in [0.25, 0.3) is 0 Å². The van der Waals surface area contributed by atoms with Gasteiger partial charge in [-0.3, -0.25) is 4.79 Å². The first-order valence-electron chi connectivity index (χ1n) is 6.94. The Morgan fingerprint density at radius 3 is 2.77 bits per heavy atom. The second-order valence-corrected chi connectivity index (χ2v) is 7.40. The van der Waals surface area contributed by atoms with E-state index in [9.17, 15) is 13.2 Å². The molecule has 1 aromatic carbocycles. The molecule has 1 unspecified atom stereocenters. The number of carbonyl (C=O) groups is 1. The molecule has 1 atom stereocenters. The summed E-state index contributed by atoms with van der Waals surface area (Å²) in [5, 5.41) is 8.58. The van der Waals surface area contributed by atoms with Crippen LogP contribution in [0.2, 0.25) is 0 Å². The van der Waals surface area contributed by atoms with Crippen LogP contribution in [0.1, 0.15) is 13.8 Å². The lowest BCUT2D eigenvalue weighted by atomic mass is 10.0. The van der Waals surface area contributed by atoms with Crippen LogP contribution in [0.15, 0.2) is 23.1 Å². The van der Waals surface area contributed by atoms with E-state index in [4.69, 9.17) is 9.84 Å². The summed E-state index contributed by atoms with van der Waals surface area (Å²) in [5.41, 5.74) is 0.676. The van der Waals surface area contributed by atoms with Gasteiger partial charge in [0.15, 0.2) is 0 Å². The first-order valence-corrected chi connectivity index (χ1v) is 8.42. The van der Waals surface area contributed by atoms with E-state index in [-0.39, 0.29) is 11.0 Å². The quantitative estimate of drug-likeness (QED) is 0.834. The van der Waals surface area contributed by atoms with Gasteiger partial charge in [-0.2, -0.15) is 4.72 Å². The monoisotopic (exact) mass is 328 g/mol. The van der Waals surface area contributed by atoms with Crippen molar-refractivity contribution in [1.82, 2.24) is 4.72 Å². The minimum Gasteiger partial charge on any atom is -0.486 e. The molecule has 1 aliphatic rings. The van der Waals surface area contributed by atoms with Gasteiger partial charge in [0.25, 0.3) is 0 Å². The normalized spacial score (nSPS) is 18.0. The highest BCUT2D eigenvalue weighted by Gasteiger charge is 2.27. The van der Waals surface area contributed by atoms with Crippen molar-refractivity contribution in [1.29, 1.82) is 0 Å². The van der Waals surface area contributed by atoms with Gasteiger partial charge in [0.05, 0.1) is 17.1 Å². The zero-order valence-electron chi connectivity index (χ0n) is 12.7. The van der Waals surface area contributed by atoms with E-state index >= 15 is 0 Å². The molecular weight excluding hydrogens is 308 g/mol. The number of anilines is 1. The number of carboxylic acid groups (broad SMARTS) is 1. The number of sulfonamides is 1. The topological polar surface area (TPSA) is 95.9 Å². The lowest BCUT2D eigenvalue weighted by Crippen LogP contribution is -2.40. The summed E-state index contributed by atoms with van der Waals surface area (Å²) >= 11 is 0. The third-order valence-corrected chi connectivity index (χ3v) is 4.94. The number of aliphatic carboxylic acids is 1. The zero-order chi connectivity index (χ0) is 16.5. The van der Waals surface area contributed by atoms with Crippen LogP contribution >= 0.6 is 0 Å². The van der Waals surface area contributed by atoms with Crippen molar-refractivity contribution < 1.29 is 23.1 Å². The Balaban J connectivity index is 2.29. The summed E-state index contributed by atoms with van der Waals surface area (Å²) in [6.45, 7) is 4.15. The minimum absolute atomic E-state index is 0.0194. The summed E-state index contributed by atoms with van der Waals surface area (Å²) in [7, 11) is -1.98. The largest absolute Gasteiger partial charge is 0.486 e. The van der Waals surface area contributed by atoms with Gasteiger partial charge in [0.2, 0.25) is 10.0 Å². The van der Waals surface area contributed by atoms with Crippen molar-refractivity contribution in [2.45, 2.75) is 24.8 Å². The number of ether oxygens (including phenoxy) is 1. The van der Waals surface area contributed by atoms with E-state index in [0.717, 1.165) is 0 Å². The smallest absolute Gasteiger partial charge is 0.318 e. The summed E-state index contributed by atoms with van der Waals surface area (Å²) in [6.07, 6.45) is 0.0464. The maximum absolute atomic E-state index is 12.1. The minimum atomic E-state index is -3.86. The van der Waals surface area contributed by atoms with Crippen LogP contribution in [-0.4, -0.2) is 45.7 Å². The van der Waals surface area contributed by atoms with E-state index in [1.54, 1.807) is 6.07 Å². The number of rotatable bonds is 5. The number of carboxylic acids is 1. The van der Waals surface area contributed by atoms with Crippen molar-refractivity contribution in [2.75, 3.05) is 25.0 Å². The zero-order valence-corrected chi connectivity index (χ0v) is 13.6. The number of benzene rings is 1. The molecule has 0 radical (unpaired) electrons. The molecule has 0 fully saturated rings. The Labute approximate surface area is 129 Å². The van der Waals surface area contributed by atoms with E-state index in [1.807, 2.05) is 16.7 Å². The molecule has 0 aliphatic carbocycles. The van der Waals surface area contributed by atoms with Crippen LogP contribution in [0.3, 0.4) is 0 Å². The Bertz CT molecular complexity index is 672. The van der Waals surface area contributed by atoms with Gasteiger partial charge >= 0.3 is 5.97 Å². The number of nitrogens with one attached hydrogen (secondary N) is 1. The van der Waals surface area contributed by atoms with Crippen LogP contribution in [0.4, 0.5) is 5.69 Å². The van der Waals surface area contributed by atoms with Crippen molar-refractivity contribution in [3.8, 4) is 5.75 Å². The van der Waals surface area contributed by atoms with Crippen LogP contribution < -0.4 is 14.4 Å². The van der Waals surface area contributed by atoms with Gasteiger partial charge in [-0.05, 0) is 24.1 Å². The summed E-state index contributed by atoms with van der Waals surface area (Å²) < 4.78 is 32.1. The fraction of sp³-hybridized carbons (Fsp3) is 0.500. The Morgan fingerprint density at radius 1 is 1.50 bits per heavy atom. The molecule has 122 valence electrons. The van der Waals surface area contributed by atoms with Gasteiger partial charge in [-0.1, -0.05) is 13.8 Å². The van der Waals surface area contributed by atoms with Gasteiger partial charge in [-0.15, -0.1) is 0 Å². The third kappa shape index (κ3) is 3.50. The highest BCUT2D eigenvalue weighted by atomic mass is 32.2. The SMILES string of the molecule is CC(C)C1CN(C)c2cc(S(=O)(=O)NCC(=O)O)ccc2O1. The predicted octanol–water partition coefficient (Wildman–Crippen LogP) is 0.903. The highest BCUT2D eigenvalue weighted by molar-refractivity contribution is 7.89. The van der Waals surface area contributed by atoms with Crippen LogP contribution in [0.5, 0.6) is 5.75 Å². The molecular formula is C14H20N2O5S. The molecule has 0 saturated carbocycles. The van der Waals surface area contributed by atoms with Crippen molar-refractivity contribution in [3.05, 3.63) is 18.2 Å². The molecule has 1 aliphatic heterocycles. The van der Waals surface area contributed by atoms with E-state index in [2.05, 4.69) is 13.8 Å². The Kier molecular flexibility index (Phi) is 4.62. The predicted molar refractivity (Wildman–Crippen MR) is 81.8 cm³/mol. The van der Waals surface area contributed by atoms with Crippen LogP contribution in [-0.2, 0) is 14.8 Å². The van der Waals surface area contributed by atoms with Crippen molar-refractivity contribution in [2.24, 2.45) is 5.92 Å². The summed E-state index contributed by atoms with van der Waals surface area (Å²) in [4.78, 5) is 12.5. The van der Waals surface area contributed by atoms with Gasteiger partial charge < -0.3 is 14.7 Å². The molecule has 1 heterocycles.